The minimum absolute atomic E-state index is 0.229. The molecule has 0 atom stereocenters. The molecule has 0 bridgehead atoms. The number of Topliss-reactive ketones (excluding diaryl/α,β-unsaturated/α-hetero) is 1. The Bertz CT molecular complexity index is 468. The minimum Gasteiger partial charge on any atom is -0.296 e. The quantitative estimate of drug-likeness (QED) is 0.792. The van der Waals surface area contributed by atoms with E-state index in [1.165, 1.54) is 0 Å². The summed E-state index contributed by atoms with van der Waals surface area (Å²) in [6.45, 7) is 13.4. The van der Waals surface area contributed by atoms with Crippen molar-refractivity contribution < 1.29 is 4.79 Å². The lowest BCUT2D eigenvalue weighted by Crippen LogP contribution is -2.54. The molecule has 0 radical (unpaired) electrons. The predicted octanol–water partition coefficient (Wildman–Crippen LogP) is 2.59. The molecule has 0 amide bonds. The average Bonchev–Trinajstić information content (AvgIpc) is 2.38. The van der Waals surface area contributed by atoms with E-state index in [0.29, 0.717) is 6.54 Å². The van der Waals surface area contributed by atoms with Gasteiger partial charge in [-0.1, -0.05) is 23.8 Å². The van der Waals surface area contributed by atoms with Crippen molar-refractivity contribution in [2.24, 2.45) is 0 Å². The highest BCUT2D eigenvalue weighted by atomic mass is 16.1. The van der Waals surface area contributed by atoms with Crippen LogP contribution < -0.4 is 0 Å². The van der Waals surface area contributed by atoms with Crippen LogP contribution in [0.1, 0.15) is 36.7 Å². The molecule has 0 N–H and O–H groups in total. The number of aryl methyl sites for hydroxylation is 1. The molecule has 3 nitrogen and oxygen atoms in total. The number of nitrogens with zero attached hydrogens (tertiary/aromatic N) is 2. The van der Waals surface area contributed by atoms with Crippen LogP contribution in [0.25, 0.3) is 0 Å². The van der Waals surface area contributed by atoms with Gasteiger partial charge in [-0.15, -0.1) is 0 Å². The summed E-state index contributed by atoms with van der Waals surface area (Å²) < 4.78 is 0. The lowest BCUT2D eigenvalue weighted by molar-refractivity contribution is 0.0579. The molecule has 20 heavy (non-hydrogen) atoms. The molecule has 0 spiro atoms. The number of piperazine rings is 1. The summed E-state index contributed by atoms with van der Waals surface area (Å²) >= 11 is 0. The normalized spacial score (nSPS) is 18.2. The monoisotopic (exact) mass is 274 g/mol. The van der Waals surface area contributed by atoms with Gasteiger partial charge in [-0.3, -0.25) is 14.6 Å². The van der Waals surface area contributed by atoms with Gasteiger partial charge in [-0.25, -0.2) is 0 Å². The highest BCUT2D eigenvalue weighted by molar-refractivity contribution is 5.97. The van der Waals surface area contributed by atoms with Crippen LogP contribution in [0.5, 0.6) is 0 Å². The van der Waals surface area contributed by atoms with Gasteiger partial charge in [0.15, 0.2) is 5.78 Å². The maximum absolute atomic E-state index is 12.3. The van der Waals surface area contributed by atoms with E-state index in [2.05, 4.69) is 30.6 Å². The van der Waals surface area contributed by atoms with Crippen molar-refractivity contribution in [3.63, 3.8) is 0 Å². The molecular weight excluding hydrogens is 248 g/mol. The van der Waals surface area contributed by atoms with Gasteiger partial charge in [0, 0.05) is 37.3 Å². The molecule has 1 aliphatic heterocycles. The third-order valence-corrected chi connectivity index (χ3v) is 4.03. The van der Waals surface area contributed by atoms with Crippen LogP contribution >= 0.6 is 0 Å². The second-order valence-corrected chi connectivity index (χ2v) is 6.73. The van der Waals surface area contributed by atoms with Gasteiger partial charge >= 0.3 is 0 Å². The largest absolute Gasteiger partial charge is 0.296 e. The Hall–Kier alpha value is -1.19. The van der Waals surface area contributed by atoms with E-state index in [9.17, 15) is 4.79 Å². The van der Waals surface area contributed by atoms with Crippen LogP contribution in [0.15, 0.2) is 24.3 Å². The van der Waals surface area contributed by atoms with E-state index >= 15 is 0 Å². The first kappa shape index (κ1) is 15.2. The summed E-state index contributed by atoms with van der Waals surface area (Å²) in [7, 11) is 0. The standard InChI is InChI=1S/C17H26N2O/c1-14-6-5-7-15(12-14)16(20)13-18-8-10-19(11-9-18)17(2,3)4/h5-7,12H,8-11,13H2,1-4H3. The van der Waals surface area contributed by atoms with Gasteiger partial charge in [0.1, 0.15) is 0 Å². The van der Waals surface area contributed by atoms with E-state index in [-0.39, 0.29) is 11.3 Å². The molecule has 1 heterocycles. The molecule has 1 aromatic rings. The van der Waals surface area contributed by atoms with Crippen LogP contribution in [0.4, 0.5) is 0 Å². The van der Waals surface area contributed by atoms with Gasteiger partial charge in [0.2, 0.25) is 0 Å². The van der Waals surface area contributed by atoms with Crippen molar-refractivity contribution in [2.75, 3.05) is 32.7 Å². The van der Waals surface area contributed by atoms with Crippen LogP contribution in [-0.4, -0.2) is 53.8 Å². The number of benzene rings is 1. The maximum atomic E-state index is 12.3. The van der Waals surface area contributed by atoms with Gasteiger partial charge in [-0.05, 0) is 33.8 Å². The van der Waals surface area contributed by atoms with E-state index in [0.717, 1.165) is 37.3 Å². The fourth-order valence-corrected chi connectivity index (χ4v) is 2.69. The molecule has 0 saturated carbocycles. The third-order valence-electron chi connectivity index (χ3n) is 4.03. The first-order chi connectivity index (χ1) is 9.36. The van der Waals surface area contributed by atoms with E-state index in [1.54, 1.807) is 0 Å². The summed E-state index contributed by atoms with van der Waals surface area (Å²) in [6, 6.07) is 7.88. The molecule has 0 aliphatic carbocycles. The molecule has 1 saturated heterocycles. The van der Waals surface area contributed by atoms with E-state index in [4.69, 9.17) is 0 Å². The first-order valence-corrected chi connectivity index (χ1v) is 7.43. The third kappa shape index (κ3) is 3.90. The molecule has 0 unspecified atom stereocenters. The number of carbonyl (C=O) groups is 1. The highest BCUT2D eigenvalue weighted by Crippen LogP contribution is 2.16. The molecule has 1 fully saturated rings. The number of rotatable bonds is 3. The van der Waals surface area contributed by atoms with Crippen molar-refractivity contribution in [3.05, 3.63) is 35.4 Å². The Morgan fingerprint density at radius 3 is 2.35 bits per heavy atom. The Kier molecular flexibility index (Phi) is 4.61. The highest BCUT2D eigenvalue weighted by Gasteiger charge is 2.26. The van der Waals surface area contributed by atoms with Crippen molar-refractivity contribution in [1.29, 1.82) is 0 Å². The minimum atomic E-state index is 0.229. The molecule has 2 rings (SSSR count). The topological polar surface area (TPSA) is 23.6 Å². The Morgan fingerprint density at radius 2 is 1.80 bits per heavy atom. The number of ketones is 1. The number of carbonyl (C=O) groups excluding carboxylic acids is 1. The second-order valence-electron chi connectivity index (χ2n) is 6.73. The molecule has 3 heteroatoms. The van der Waals surface area contributed by atoms with Crippen molar-refractivity contribution >= 4 is 5.78 Å². The lowest BCUT2D eigenvalue weighted by atomic mass is 10.0. The van der Waals surface area contributed by atoms with Crippen molar-refractivity contribution in [2.45, 2.75) is 33.2 Å². The molecule has 1 aromatic carbocycles. The van der Waals surface area contributed by atoms with Crippen LogP contribution in [0.3, 0.4) is 0 Å². The van der Waals surface area contributed by atoms with Gasteiger partial charge in [0.25, 0.3) is 0 Å². The van der Waals surface area contributed by atoms with Gasteiger partial charge in [0.05, 0.1) is 6.54 Å². The molecular formula is C17H26N2O. The summed E-state index contributed by atoms with van der Waals surface area (Å²) in [5.41, 5.74) is 2.21. The van der Waals surface area contributed by atoms with Gasteiger partial charge in [-0.2, -0.15) is 0 Å². The summed E-state index contributed by atoms with van der Waals surface area (Å²) in [6.07, 6.45) is 0. The summed E-state index contributed by atoms with van der Waals surface area (Å²) in [5, 5.41) is 0. The zero-order chi connectivity index (χ0) is 14.8. The molecule has 1 aliphatic rings. The van der Waals surface area contributed by atoms with Crippen LogP contribution in [-0.2, 0) is 0 Å². The van der Waals surface area contributed by atoms with Crippen molar-refractivity contribution in [1.82, 2.24) is 9.80 Å². The first-order valence-electron chi connectivity index (χ1n) is 7.43. The van der Waals surface area contributed by atoms with Crippen LogP contribution in [0, 0.1) is 6.92 Å². The number of hydrogen-bond acceptors (Lipinski definition) is 3. The average molecular weight is 274 g/mol. The van der Waals surface area contributed by atoms with Gasteiger partial charge < -0.3 is 0 Å². The van der Waals surface area contributed by atoms with Crippen molar-refractivity contribution in [3.8, 4) is 0 Å². The number of hydrogen-bond donors (Lipinski definition) is 0. The molecule has 110 valence electrons. The van der Waals surface area contributed by atoms with E-state index in [1.807, 2.05) is 31.2 Å². The van der Waals surface area contributed by atoms with E-state index < -0.39 is 0 Å². The maximum Gasteiger partial charge on any atom is 0.176 e. The zero-order valence-corrected chi connectivity index (χ0v) is 13.1. The lowest BCUT2D eigenvalue weighted by Gasteiger charge is -2.42. The second kappa shape index (κ2) is 6.06. The summed E-state index contributed by atoms with van der Waals surface area (Å²) in [5.74, 6) is 0.234. The molecule has 0 aromatic heterocycles. The summed E-state index contributed by atoms with van der Waals surface area (Å²) in [4.78, 5) is 17.0. The Labute approximate surface area is 122 Å². The SMILES string of the molecule is Cc1cccc(C(=O)CN2CCN(C(C)(C)C)CC2)c1. The smallest absolute Gasteiger partial charge is 0.176 e. The Balaban J connectivity index is 1.88. The Morgan fingerprint density at radius 1 is 1.15 bits per heavy atom. The fourth-order valence-electron chi connectivity index (χ4n) is 2.69. The zero-order valence-electron chi connectivity index (χ0n) is 13.1. The predicted molar refractivity (Wildman–Crippen MR) is 83.3 cm³/mol. The fraction of sp³-hybridized carbons (Fsp3) is 0.588. The van der Waals surface area contributed by atoms with Crippen LogP contribution in [0.2, 0.25) is 0 Å².